The molecule has 0 saturated heterocycles. The standard InChI is InChI=1S/C20H26N2O/c1-15-8-7-11-17(12-15)20(2,3)14-22-19(23)13-18(21)16-9-5-4-6-10-16/h4-12,18H,13-14,21H2,1-3H3,(H,22,23). The van der Waals surface area contributed by atoms with Gasteiger partial charge in [0.2, 0.25) is 5.91 Å². The second-order valence-electron chi connectivity index (χ2n) is 6.75. The first-order valence-electron chi connectivity index (χ1n) is 8.03. The quantitative estimate of drug-likeness (QED) is 0.858. The van der Waals surface area contributed by atoms with Crippen LogP contribution in [0.15, 0.2) is 54.6 Å². The van der Waals surface area contributed by atoms with Crippen molar-refractivity contribution in [3.63, 3.8) is 0 Å². The number of aryl methyl sites for hydroxylation is 1. The van der Waals surface area contributed by atoms with Gasteiger partial charge in [-0.1, -0.05) is 74.0 Å². The first-order valence-corrected chi connectivity index (χ1v) is 8.03. The molecule has 0 heterocycles. The van der Waals surface area contributed by atoms with Gasteiger partial charge in [0.05, 0.1) is 0 Å². The Balaban J connectivity index is 1.91. The predicted octanol–water partition coefficient (Wildman–Crippen LogP) is 3.48. The van der Waals surface area contributed by atoms with E-state index in [1.54, 1.807) is 0 Å². The molecule has 3 N–H and O–H groups in total. The number of nitrogens with two attached hydrogens (primary N) is 1. The number of hydrogen-bond donors (Lipinski definition) is 2. The van der Waals surface area contributed by atoms with Crippen LogP contribution in [0.4, 0.5) is 0 Å². The molecule has 1 unspecified atom stereocenters. The molecule has 0 spiro atoms. The highest BCUT2D eigenvalue weighted by Gasteiger charge is 2.22. The molecule has 3 heteroatoms. The van der Waals surface area contributed by atoms with Crippen LogP contribution in [0.5, 0.6) is 0 Å². The second kappa shape index (κ2) is 7.42. The smallest absolute Gasteiger partial charge is 0.221 e. The molecule has 0 fully saturated rings. The SMILES string of the molecule is Cc1cccc(C(C)(C)CNC(=O)CC(N)c2ccccc2)c1. The molecular weight excluding hydrogens is 284 g/mol. The summed E-state index contributed by atoms with van der Waals surface area (Å²) in [7, 11) is 0. The molecule has 2 aromatic carbocycles. The third kappa shape index (κ3) is 4.93. The van der Waals surface area contributed by atoms with Crippen molar-refractivity contribution >= 4 is 5.91 Å². The third-order valence-electron chi connectivity index (χ3n) is 4.16. The fraction of sp³-hybridized carbons (Fsp3) is 0.350. The zero-order valence-corrected chi connectivity index (χ0v) is 14.2. The van der Waals surface area contributed by atoms with Gasteiger partial charge in [0.1, 0.15) is 0 Å². The van der Waals surface area contributed by atoms with Gasteiger partial charge in [-0.15, -0.1) is 0 Å². The van der Waals surface area contributed by atoms with Gasteiger partial charge in [-0.05, 0) is 18.1 Å². The van der Waals surface area contributed by atoms with Gasteiger partial charge in [-0.3, -0.25) is 4.79 Å². The lowest BCUT2D eigenvalue weighted by molar-refractivity contribution is -0.121. The van der Waals surface area contributed by atoms with E-state index in [4.69, 9.17) is 5.73 Å². The number of hydrogen-bond acceptors (Lipinski definition) is 2. The highest BCUT2D eigenvalue weighted by molar-refractivity contribution is 5.76. The molecule has 1 amide bonds. The first kappa shape index (κ1) is 17.2. The van der Waals surface area contributed by atoms with Crippen LogP contribution in [0, 0.1) is 6.92 Å². The van der Waals surface area contributed by atoms with E-state index in [2.05, 4.69) is 50.4 Å². The van der Waals surface area contributed by atoms with Crippen molar-refractivity contribution in [1.82, 2.24) is 5.32 Å². The Kier molecular flexibility index (Phi) is 5.56. The molecule has 1 atom stereocenters. The van der Waals surface area contributed by atoms with Crippen molar-refractivity contribution in [1.29, 1.82) is 0 Å². The summed E-state index contributed by atoms with van der Waals surface area (Å²) in [5.41, 5.74) is 9.44. The Morgan fingerprint density at radius 3 is 2.48 bits per heavy atom. The summed E-state index contributed by atoms with van der Waals surface area (Å²) >= 11 is 0. The van der Waals surface area contributed by atoms with Gasteiger partial charge >= 0.3 is 0 Å². The molecule has 0 radical (unpaired) electrons. The molecule has 0 aromatic heterocycles. The molecule has 2 rings (SSSR count). The first-order chi connectivity index (χ1) is 10.9. The summed E-state index contributed by atoms with van der Waals surface area (Å²) < 4.78 is 0. The summed E-state index contributed by atoms with van der Waals surface area (Å²) in [6.45, 7) is 6.95. The van der Waals surface area contributed by atoms with Crippen LogP contribution in [0.1, 0.15) is 43.0 Å². The lowest BCUT2D eigenvalue weighted by atomic mass is 9.84. The van der Waals surface area contributed by atoms with Crippen LogP contribution in [0.3, 0.4) is 0 Å². The fourth-order valence-corrected chi connectivity index (χ4v) is 2.58. The van der Waals surface area contributed by atoms with Crippen molar-refractivity contribution in [3.8, 4) is 0 Å². The number of carbonyl (C=O) groups is 1. The van der Waals surface area contributed by atoms with Crippen LogP contribution >= 0.6 is 0 Å². The lowest BCUT2D eigenvalue weighted by Crippen LogP contribution is -2.37. The van der Waals surface area contributed by atoms with Crippen molar-refractivity contribution < 1.29 is 4.79 Å². The molecule has 0 aliphatic rings. The Bertz CT molecular complexity index is 650. The minimum Gasteiger partial charge on any atom is -0.355 e. The van der Waals surface area contributed by atoms with Crippen LogP contribution in [0.2, 0.25) is 0 Å². The van der Waals surface area contributed by atoms with Crippen molar-refractivity contribution in [2.45, 2.75) is 38.6 Å². The number of carbonyl (C=O) groups excluding carboxylic acids is 1. The van der Waals surface area contributed by atoms with E-state index >= 15 is 0 Å². The van der Waals surface area contributed by atoms with Gasteiger partial charge in [-0.2, -0.15) is 0 Å². The van der Waals surface area contributed by atoms with Gasteiger partial charge in [-0.25, -0.2) is 0 Å². The molecule has 0 bridgehead atoms. The number of rotatable bonds is 6. The maximum atomic E-state index is 12.2. The maximum Gasteiger partial charge on any atom is 0.221 e. The van der Waals surface area contributed by atoms with Gasteiger partial charge < -0.3 is 11.1 Å². The normalized spacial score (nSPS) is 12.7. The zero-order chi connectivity index (χ0) is 16.9. The van der Waals surface area contributed by atoms with E-state index in [0.29, 0.717) is 13.0 Å². The lowest BCUT2D eigenvalue weighted by Gasteiger charge is -2.26. The van der Waals surface area contributed by atoms with Crippen LogP contribution in [-0.2, 0) is 10.2 Å². The molecule has 2 aromatic rings. The molecule has 122 valence electrons. The van der Waals surface area contributed by atoms with Crippen molar-refractivity contribution in [2.75, 3.05) is 6.54 Å². The Hall–Kier alpha value is -2.13. The Morgan fingerprint density at radius 1 is 1.13 bits per heavy atom. The molecule has 0 saturated carbocycles. The third-order valence-corrected chi connectivity index (χ3v) is 4.16. The zero-order valence-electron chi connectivity index (χ0n) is 14.2. The van der Waals surface area contributed by atoms with Crippen LogP contribution in [-0.4, -0.2) is 12.5 Å². The number of benzene rings is 2. The highest BCUT2D eigenvalue weighted by Crippen LogP contribution is 2.23. The van der Waals surface area contributed by atoms with E-state index in [1.165, 1.54) is 11.1 Å². The van der Waals surface area contributed by atoms with E-state index in [-0.39, 0.29) is 17.4 Å². The average Bonchev–Trinajstić information content (AvgIpc) is 2.54. The highest BCUT2D eigenvalue weighted by atomic mass is 16.1. The fourth-order valence-electron chi connectivity index (χ4n) is 2.58. The second-order valence-corrected chi connectivity index (χ2v) is 6.75. The molecule has 0 aliphatic heterocycles. The minimum absolute atomic E-state index is 0.0120. The predicted molar refractivity (Wildman–Crippen MR) is 95.2 cm³/mol. The topological polar surface area (TPSA) is 55.1 Å². The molecular formula is C20H26N2O. The minimum atomic E-state index is -0.265. The van der Waals surface area contributed by atoms with Crippen molar-refractivity contribution in [2.24, 2.45) is 5.73 Å². The van der Waals surface area contributed by atoms with Gasteiger partial charge in [0, 0.05) is 24.4 Å². The summed E-state index contributed by atoms with van der Waals surface area (Å²) in [6, 6.07) is 17.9. The summed E-state index contributed by atoms with van der Waals surface area (Å²) in [4.78, 5) is 12.2. The summed E-state index contributed by atoms with van der Waals surface area (Å²) in [5, 5.41) is 3.02. The van der Waals surface area contributed by atoms with E-state index < -0.39 is 0 Å². The number of nitrogens with one attached hydrogen (secondary N) is 1. The van der Waals surface area contributed by atoms with Crippen molar-refractivity contribution in [3.05, 3.63) is 71.3 Å². The van der Waals surface area contributed by atoms with E-state index in [9.17, 15) is 4.79 Å². The van der Waals surface area contributed by atoms with Gasteiger partial charge in [0.15, 0.2) is 0 Å². The van der Waals surface area contributed by atoms with Crippen LogP contribution in [0.25, 0.3) is 0 Å². The number of amides is 1. The molecule has 23 heavy (non-hydrogen) atoms. The largest absolute Gasteiger partial charge is 0.355 e. The van der Waals surface area contributed by atoms with Gasteiger partial charge in [0.25, 0.3) is 0 Å². The Labute approximate surface area is 138 Å². The van der Waals surface area contributed by atoms with E-state index in [1.807, 2.05) is 30.3 Å². The summed E-state index contributed by atoms with van der Waals surface area (Å²) in [6.07, 6.45) is 0.300. The maximum absolute atomic E-state index is 12.2. The summed E-state index contributed by atoms with van der Waals surface area (Å²) in [5.74, 6) is -0.0120. The average molecular weight is 310 g/mol. The molecule has 3 nitrogen and oxygen atoms in total. The van der Waals surface area contributed by atoms with E-state index in [0.717, 1.165) is 5.56 Å². The monoisotopic (exact) mass is 310 g/mol. The van der Waals surface area contributed by atoms with Crippen LogP contribution < -0.4 is 11.1 Å². The Morgan fingerprint density at radius 2 is 1.83 bits per heavy atom. The molecule has 0 aliphatic carbocycles.